The van der Waals surface area contributed by atoms with Gasteiger partial charge in [-0.25, -0.2) is 0 Å². The Bertz CT molecular complexity index is 200. The molecule has 1 aliphatic carbocycles. The molecule has 0 aromatic heterocycles. The lowest BCUT2D eigenvalue weighted by Gasteiger charge is -2.36. The van der Waals surface area contributed by atoms with E-state index >= 15 is 0 Å². The van der Waals surface area contributed by atoms with Gasteiger partial charge in [-0.2, -0.15) is 0 Å². The molecule has 2 nitrogen and oxygen atoms in total. The van der Waals surface area contributed by atoms with Crippen molar-refractivity contribution in [3.8, 4) is 0 Å². The third kappa shape index (κ3) is 1.82. The van der Waals surface area contributed by atoms with E-state index in [-0.39, 0.29) is 0 Å². The van der Waals surface area contributed by atoms with Gasteiger partial charge in [0.05, 0.1) is 6.10 Å². The number of nitrogens with one attached hydrogen (secondary N) is 1. The van der Waals surface area contributed by atoms with Gasteiger partial charge in [-0.15, -0.1) is 0 Å². The molecule has 0 amide bonds. The van der Waals surface area contributed by atoms with Crippen molar-refractivity contribution in [2.24, 2.45) is 11.3 Å². The van der Waals surface area contributed by atoms with Crippen LogP contribution in [0.25, 0.3) is 0 Å². The van der Waals surface area contributed by atoms with E-state index in [1.54, 1.807) is 0 Å². The van der Waals surface area contributed by atoms with Gasteiger partial charge in [-0.05, 0) is 32.1 Å². The van der Waals surface area contributed by atoms with Crippen LogP contribution in [-0.4, -0.2) is 25.3 Å². The molecule has 2 rings (SSSR count). The maximum atomic E-state index is 5.74. The summed E-state index contributed by atoms with van der Waals surface area (Å²) < 4.78 is 5.74. The summed E-state index contributed by atoms with van der Waals surface area (Å²) in [5, 5.41) is 3.67. The molecule has 0 aromatic carbocycles. The van der Waals surface area contributed by atoms with Gasteiger partial charge in [-0.1, -0.05) is 13.8 Å². The highest BCUT2D eigenvalue weighted by Gasteiger charge is 2.44. The number of hydrogen-bond acceptors (Lipinski definition) is 2. The fourth-order valence-corrected chi connectivity index (χ4v) is 2.61. The van der Waals surface area contributed by atoms with E-state index < -0.39 is 0 Å². The van der Waals surface area contributed by atoms with Crippen LogP contribution in [0.4, 0.5) is 0 Å². The van der Waals surface area contributed by atoms with Gasteiger partial charge in [-0.3, -0.25) is 0 Å². The Morgan fingerprint density at radius 3 is 2.57 bits per heavy atom. The molecular formula is C12H23NO. The molecule has 2 atom stereocenters. The van der Waals surface area contributed by atoms with Gasteiger partial charge in [0.2, 0.25) is 0 Å². The molecule has 1 N–H and O–H groups in total. The number of rotatable bonds is 4. The zero-order valence-electron chi connectivity index (χ0n) is 9.68. The molecule has 1 saturated heterocycles. The summed E-state index contributed by atoms with van der Waals surface area (Å²) in [6.45, 7) is 9.00. The van der Waals surface area contributed by atoms with Crippen LogP contribution in [0.1, 0.15) is 40.0 Å². The quantitative estimate of drug-likeness (QED) is 0.746. The molecule has 1 aliphatic heterocycles. The second-order valence-electron chi connectivity index (χ2n) is 5.31. The van der Waals surface area contributed by atoms with Gasteiger partial charge >= 0.3 is 0 Å². The van der Waals surface area contributed by atoms with Crippen LogP contribution >= 0.6 is 0 Å². The summed E-state index contributed by atoms with van der Waals surface area (Å²) in [6, 6.07) is 0.818. The van der Waals surface area contributed by atoms with E-state index in [1.807, 2.05) is 0 Å². The van der Waals surface area contributed by atoms with Gasteiger partial charge in [0.1, 0.15) is 0 Å². The Balaban J connectivity index is 1.96. The van der Waals surface area contributed by atoms with Gasteiger partial charge < -0.3 is 10.1 Å². The Kier molecular flexibility index (Phi) is 2.85. The second-order valence-corrected chi connectivity index (χ2v) is 5.31. The highest BCUT2D eigenvalue weighted by atomic mass is 16.5. The van der Waals surface area contributed by atoms with Gasteiger partial charge in [0.15, 0.2) is 0 Å². The number of ether oxygens (including phenoxy) is 1. The summed E-state index contributed by atoms with van der Waals surface area (Å²) in [5.41, 5.74) is 0.391. The van der Waals surface area contributed by atoms with Gasteiger partial charge in [0, 0.05) is 24.6 Å². The first-order chi connectivity index (χ1) is 6.65. The average Bonchev–Trinajstić information content (AvgIpc) is 2.88. The highest BCUT2D eigenvalue weighted by Crippen LogP contribution is 2.41. The molecule has 1 heterocycles. The molecule has 0 radical (unpaired) electrons. The Morgan fingerprint density at radius 2 is 2.14 bits per heavy atom. The summed E-state index contributed by atoms with van der Waals surface area (Å²) in [6.07, 6.45) is 4.41. The summed E-state index contributed by atoms with van der Waals surface area (Å²) in [7, 11) is 0. The lowest BCUT2D eigenvalue weighted by Crippen LogP contribution is -2.44. The topological polar surface area (TPSA) is 21.3 Å². The smallest absolute Gasteiger partial charge is 0.0618 e. The fraction of sp³-hybridized carbons (Fsp3) is 1.00. The minimum atomic E-state index is 0.391. The maximum absolute atomic E-state index is 5.74. The molecule has 2 aliphatic rings. The van der Waals surface area contributed by atoms with Gasteiger partial charge in [0.25, 0.3) is 0 Å². The van der Waals surface area contributed by atoms with E-state index in [0.717, 1.165) is 19.2 Å². The maximum Gasteiger partial charge on any atom is 0.0618 e. The normalized spacial score (nSPS) is 38.1. The first kappa shape index (κ1) is 10.4. The van der Waals surface area contributed by atoms with Crippen LogP contribution in [-0.2, 0) is 4.74 Å². The molecular weight excluding hydrogens is 174 g/mol. The first-order valence-corrected chi connectivity index (χ1v) is 6.00. The molecule has 0 bridgehead atoms. The van der Waals surface area contributed by atoms with Crippen LogP contribution in [0.3, 0.4) is 0 Å². The third-order valence-corrected chi connectivity index (χ3v) is 4.19. The van der Waals surface area contributed by atoms with Crippen LogP contribution in [0.5, 0.6) is 0 Å². The van der Waals surface area contributed by atoms with E-state index in [0.29, 0.717) is 17.4 Å². The predicted molar refractivity (Wildman–Crippen MR) is 58.3 cm³/mol. The SMILES string of the molecule is CC(C)C1(CNC2CC2)CCOC1C. The minimum Gasteiger partial charge on any atom is -0.378 e. The van der Waals surface area contributed by atoms with Crippen LogP contribution < -0.4 is 5.32 Å². The lowest BCUT2D eigenvalue weighted by atomic mass is 9.72. The molecule has 82 valence electrons. The van der Waals surface area contributed by atoms with E-state index in [2.05, 4.69) is 26.1 Å². The zero-order chi connectivity index (χ0) is 10.2. The highest BCUT2D eigenvalue weighted by molar-refractivity contribution is 4.95. The zero-order valence-corrected chi connectivity index (χ0v) is 9.68. The molecule has 0 spiro atoms. The largest absolute Gasteiger partial charge is 0.378 e. The van der Waals surface area contributed by atoms with E-state index in [9.17, 15) is 0 Å². The van der Waals surface area contributed by atoms with Crippen molar-refractivity contribution in [1.82, 2.24) is 5.32 Å². The summed E-state index contributed by atoms with van der Waals surface area (Å²) in [5.74, 6) is 0.714. The standard InChI is InChI=1S/C12H23NO/c1-9(2)12(6-7-14-10(12)3)8-13-11-4-5-11/h9-11,13H,4-8H2,1-3H3. The molecule has 2 heteroatoms. The molecule has 14 heavy (non-hydrogen) atoms. The molecule has 1 saturated carbocycles. The Morgan fingerprint density at radius 1 is 1.43 bits per heavy atom. The summed E-state index contributed by atoms with van der Waals surface area (Å²) >= 11 is 0. The summed E-state index contributed by atoms with van der Waals surface area (Å²) in [4.78, 5) is 0. The molecule has 0 aromatic rings. The van der Waals surface area contributed by atoms with Crippen molar-refractivity contribution >= 4 is 0 Å². The molecule has 2 fully saturated rings. The van der Waals surface area contributed by atoms with Crippen LogP contribution in [0.15, 0.2) is 0 Å². The van der Waals surface area contributed by atoms with Crippen molar-refractivity contribution in [3.05, 3.63) is 0 Å². The van der Waals surface area contributed by atoms with Crippen molar-refractivity contribution in [2.45, 2.75) is 52.2 Å². The van der Waals surface area contributed by atoms with Crippen molar-refractivity contribution in [2.75, 3.05) is 13.2 Å². The van der Waals surface area contributed by atoms with Crippen molar-refractivity contribution in [3.63, 3.8) is 0 Å². The number of hydrogen-bond donors (Lipinski definition) is 1. The van der Waals surface area contributed by atoms with E-state index in [4.69, 9.17) is 4.74 Å². The van der Waals surface area contributed by atoms with Crippen LogP contribution in [0.2, 0.25) is 0 Å². The van der Waals surface area contributed by atoms with Crippen molar-refractivity contribution in [1.29, 1.82) is 0 Å². The Labute approximate surface area is 87.4 Å². The lowest BCUT2D eigenvalue weighted by molar-refractivity contribution is 0.0372. The monoisotopic (exact) mass is 197 g/mol. The van der Waals surface area contributed by atoms with Crippen molar-refractivity contribution < 1.29 is 4.74 Å². The average molecular weight is 197 g/mol. The molecule has 2 unspecified atom stereocenters. The van der Waals surface area contributed by atoms with E-state index in [1.165, 1.54) is 19.3 Å². The Hall–Kier alpha value is -0.0800. The van der Waals surface area contributed by atoms with Crippen LogP contribution in [0, 0.1) is 11.3 Å². The second kappa shape index (κ2) is 3.82. The minimum absolute atomic E-state index is 0.391. The predicted octanol–water partition coefficient (Wildman–Crippen LogP) is 2.19. The third-order valence-electron chi connectivity index (χ3n) is 4.19. The first-order valence-electron chi connectivity index (χ1n) is 6.00. The fourth-order valence-electron chi connectivity index (χ4n) is 2.61.